The zero-order chi connectivity index (χ0) is 13.7. The van der Waals surface area contributed by atoms with Gasteiger partial charge in [0.2, 0.25) is 0 Å². The number of rotatable bonds is 6. The lowest BCUT2D eigenvalue weighted by Gasteiger charge is -1.99. The molecule has 3 nitrogen and oxygen atoms in total. The maximum atomic E-state index is 6.09. The van der Waals surface area contributed by atoms with Gasteiger partial charge in [0.15, 0.2) is 0 Å². The summed E-state index contributed by atoms with van der Waals surface area (Å²) in [6.07, 6.45) is 2.07. The molecule has 2 aromatic rings. The molecule has 0 fully saturated rings. The van der Waals surface area contributed by atoms with Crippen molar-refractivity contribution in [2.24, 2.45) is 0 Å². The quantitative estimate of drug-likeness (QED) is 0.786. The highest BCUT2D eigenvalue weighted by molar-refractivity contribution is 9.10. The van der Waals surface area contributed by atoms with E-state index in [9.17, 15) is 0 Å². The van der Waals surface area contributed by atoms with Crippen LogP contribution < -0.4 is 5.32 Å². The van der Waals surface area contributed by atoms with Gasteiger partial charge in [-0.15, -0.1) is 10.2 Å². The van der Waals surface area contributed by atoms with Gasteiger partial charge in [0.1, 0.15) is 10.0 Å². The Hall–Kier alpha value is -0.490. The molecule has 0 aliphatic carbocycles. The number of benzene rings is 1. The zero-order valence-corrected chi connectivity index (χ0v) is 13.8. The van der Waals surface area contributed by atoms with E-state index in [0.29, 0.717) is 5.02 Å². The average molecular weight is 361 g/mol. The van der Waals surface area contributed by atoms with E-state index in [-0.39, 0.29) is 0 Å². The second kappa shape index (κ2) is 7.33. The largest absolute Gasteiger partial charge is 0.316 e. The lowest BCUT2D eigenvalue weighted by molar-refractivity contribution is 0.668. The Balaban J connectivity index is 2.01. The van der Waals surface area contributed by atoms with Gasteiger partial charge in [-0.3, -0.25) is 0 Å². The van der Waals surface area contributed by atoms with Crippen LogP contribution in [-0.2, 0) is 6.42 Å². The van der Waals surface area contributed by atoms with Gasteiger partial charge >= 0.3 is 0 Å². The van der Waals surface area contributed by atoms with Crippen LogP contribution in [0.25, 0.3) is 10.6 Å². The summed E-state index contributed by atoms with van der Waals surface area (Å²) in [5, 5.41) is 14.5. The van der Waals surface area contributed by atoms with Crippen molar-refractivity contribution in [2.45, 2.75) is 19.8 Å². The molecule has 0 atom stereocenters. The Labute approximate surface area is 130 Å². The van der Waals surface area contributed by atoms with Gasteiger partial charge < -0.3 is 5.32 Å². The number of hydrogen-bond donors (Lipinski definition) is 1. The first-order chi connectivity index (χ1) is 9.20. The maximum Gasteiger partial charge on any atom is 0.147 e. The Morgan fingerprint density at radius 2 is 2.16 bits per heavy atom. The number of nitrogens with one attached hydrogen (secondary N) is 1. The fraction of sp³-hybridized carbons (Fsp3) is 0.385. The van der Waals surface area contributed by atoms with E-state index < -0.39 is 0 Å². The monoisotopic (exact) mass is 359 g/mol. The molecule has 0 radical (unpaired) electrons. The molecule has 2 rings (SSSR count). The third kappa shape index (κ3) is 4.24. The van der Waals surface area contributed by atoms with Gasteiger partial charge in [0.05, 0.1) is 5.02 Å². The van der Waals surface area contributed by atoms with Gasteiger partial charge in [-0.05, 0) is 41.0 Å². The molecule has 102 valence electrons. The van der Waals surface area contributed by atoms with Crippen molar-refractivity contribution in [2.75, 3.05) is 13.1 Å². The standard InChI is InChI=1S/C13H15BrClN3S/c1-2-6-16-7-5-12-17-18-13(19-12)9-3-4-10(14)11(15)8-9/h3-4,8,16H,2,5-7H2,1H3. The van der Waals surface area contributed by atoms with E-state index in [2.05, 4.69) is 38.4 Å². The highest BCUT2D eigenvalue weighted by Gasteiger charge is 2.08. The Kier molecular flexibility index (Phi) is 5.76. The van der Waals surface area contributed by atoms with Gasteiger partial charge in [0, 0.05) is 23.0 Å². The van der Waals surface area contributed by atoms with Crippen LogP contribution in [0.2, 0.25) is 5.02 Å². The topological polar surface area (TPSA) is 37.8 Å². The van der Waals surface area contributed by atoms with Gasteiger partial charge in [-0.1, -0.05) is 35.9 Å². The van der Waals surface area contributed by atoms with Crippen molar-refractivity contribution < 1.29 is 0 Å². The molecule has 0 unspecified atom stereocenters. The van der Waals surface area contributed by atoms with Crippen LogP contribution in [0.5, 0.6) is 0 Å². The Morgan fingerprint density at radius 1 is 1.32 bits per heavy atom. The lowest BCUT2D eigenvalue weighted by atomic mass is 10.2. The van der Waals surface area contributed by atoms with Crippen LogP contribution in [0.1, 0.15) is 18.4 Å². The molecule has 19 heavy (non-hydrogen) atoms. The fourth-order valence-electron chi connectivity index (χ4n) is 1.60. The molecule has 0 saturated heterocycles. The van der Waals surface area contributed by atoms with Crippen molar-refractivity contribution >= 4 is 38.9 Å². The highest BCUT2D eigenvalue weighted by Crippen LogP contribution is 2.30. The minimum Gasteiger partial charge on any atom is -0.316 e. The van der Waals surface area contributed by atoms with E-state index in [1.807, 2.05) is 18.2 Å². The first kappa shape index (κ1) is 14.9. The molecule has 0 bridgehead atoms. The summed E-state index contributed by atoms with van der Waals surface area (Å²) in [5.41, 5.74) is 1.01. The summed E-state index contributed by atoms with van der Waals surface area (Å²) < 4.78 is 0.895. The highest BCUT2D eigenvalue weighted by atomic mass is 79.9. The second-order valence-electron chi connectivity index (χ2n) is 4.13. The molecule has 0 amide bonds. The molecule has 1 N–H and O–H groups in total. The third-order valence-electron chi connectivity index (χ3n) is 2.58. The summed E-state index contributed by atoms with van der Waals surface area (Å²) in [7, 11) is 0. The van der Waals surface area contributed by atoms with Crippen molar-refractivity contribution in [1.82, 2.24) is 15.5 Å². The van der Waals surface area contributed by atoms with E-state index >= 15 is 0 Å². The summed E-state index contributed by atoms with van der Waals surface area (Å²) in [5.74, 6) is 0. The van der Waals surface area contributed by atoms with Crippen LogP contribution in [0.15, 0.2) is 22.7 Å². The summed E-state index contributed by atoms with van der Waals surface area (Å²) >= 11 is 11.1. The molecule has 0 aliphatic heterocycles. The van der Waals surface area contributed by atoms with Crippen molar-refractivity contribution in [3.63, 3.8) is 0 Å². The second-order valence-corrected chi connectivity index (χ2v) is 6.45. The van der Waals surface area contributed by atoms with Crippen LogP contribution in [0.4, 0.5) is 0 Å². The molecule has 0 saturated carbocycles. The van der Waals surface area contributed by atoms with Crippen molar-refractivity contribution in [3.8, 4) is 10.6 Å². The summed E-state index contributed by atoms with van der Waals surface area (Å²) in [6, 6.07) is 5.84. The summed E-state index contributed by atoms with van der Waals surface area (Å²) in [4.78, 5) is 0. The predicted octanol–water partition coefficient (Wildman–Crippen LogP) is 4.16. The first-order valence-electron chi connectivity index (χ1n) is 6.19. The van der Waals surface area contributed by atoms with Crippen molar-refractivity contribution in [1.29, 1.82) is 0 Å². The molecule has 1 aromatic carbocycles. The van der Waals surface area contributed by atoms with Crippen LogP contribution >= 0.6 is 38.9 Å². The zero-order valence-electron chi connectivity index (χ0n) is 10.6. The SMILES string of the molecule is CCCNCCc1nnc(-c2ccc(Br)c(Cl)c2)s1. The van der Waals surface area contributed by atoms with E-state index in [1.54, 1.807) is 11.3 Å². The van der Waals surface area contributed by atoms with Gasteiger partial charge in [-0.2, -0.15) is 0 Å². The fourth-order valence-corrected chi connectivity index (χ4v) is 2.86. The third-order valence-corrected chi connectivity index (χ3v) is 4.84. The van der Waals surface area contributed by atoms with Crippen LogP contribution in [0.3, 0.4) is 0 Å². The number of halogens is 2. The smallest absolute Gasteiger partial charge is 0.147 e. The van der Waals surface area contributed by atoms with Gasteiger partial charge in [-0.25, -0.2) is 0 Å². The van der Waals surface area contributed by atoms with Crippen LogP contribution in [-0.4, -0.2) is 23.3 Å². The predicted molar refractivity (Wildman–Crippen MR) is 84.9 cm³/mol. The number of hydrogen-bond acceptors (Lipinski definition) is 4. The first-order valence-corrected chi connectivity index (χ1v) is 8.18. The molecule has 1 aromatic heterocycles. The minimum atomic E-state index is 0.693. The molecule has 6 heteroatoms. The van der Waals surface area contributed by atoms with Crippen molar-refractivity contribution in [3.05, 3.63) is 32.7 Å². The molecule has 1 heterocycles. The normalized spacial score (nSPS) is 10.9. The number of nitrogens with zero attached hydrogens (tertiary/aromatic N) is 2. The minimum absolute atomic E-state index is 0.693. The van der Waals surface area contributed by atoms with E-state index in [0.717, 1.165) is 46.0 Å². The molecule has 0 spiro atoms. The van der Waals surface area contributed by atoms with Crippen LogP contribution in [0, 0.1) is 0 Å². The maximum absolute atomic E-state index is 6.09. The summed E-state index contributed by atoms with van der Waals surface area (Å²) in [6.45, 7) is 4.16. The lowest BCUT2D eigenvalue weighted by Crippen LogP contribution is -2.17. The molecular weight excluding hydrogens is 346 g/mol. The number of aromatic nitrogens is 2. The molecule has 0 aliphatic rings. The van der Waals surface area contributed by atoms with E-state index in [1.165, 1.54) is 0 Å². The average Bonchev–Trinajstić information content (AvgIpc) is 2.87. The Bertz CT molecular complexity index is 544. The molecular formula is C13H15BrClN3S. The van der Waals surface area contributed by atoms with E-state index in [4.69, 9.17) is 11.6 Å². The Morgan fingerprint density at radius 3 is 2.89 bits per heavy atom. The van der Waals surface area contributed by atoms with Gasteiger partial charge in [0.25, 0.3) is 0 Å².